The Morgan fingerprint density at radius 2 is 2.19 bits per heavy atom. The van der Waals surface area contributed by atoms with Crippen LogP contribution < -0.4 is 5.32 Å². The van der Waals surface area contributed by atoms with Crippen molar-refractivity contribution in [3.63, 3.8) is 0 Å². The lowest BCUT2D eigenvalue weighted by Gasteiger charge is -2.21. The van der Waals surface area contributed by atoms with E-state index in [0.717, 1.165) is 17.3 Å². The van der Waals surface area contributed by atoms with Gasteiger partial charge in [0, 0.05) is 21.7 Å². The number of benzene rings is 1. The van der Waals surface area contributed by atoms with Crippen molar-refractivity contribution in [2.75, 3.05) is 12.3 Å². The summed E-state index contributed by atoms with van der Waals surface area (Å²) in [6.45, 7) is 3.33. The number of rotatable bonds is 7. The largest absolute Gasteiger partial charge is 0.310 e. The van der Waals surface area contributed by atoms with E-state index in [1.807, 2.05) is 23.9 Å². The number of halogens is 1. The zero-order valence-electron chi connectivity index (χ0n) is 12.9. The van der Waals surface area contributed by atoms with Gasteiger partial charge in [0.05, 0.1) is 0 Å². The van der Waals surface area contributed by atoms with Gasteiger partial charge in [-0.05, 0) is 56.8 Å². The Balaban J connectivity index is 1.96. The fourth-order valence-corrected chi connectivity index (χ4v) is 4.04. The predicted octanol–water partition coefficient (Wildman–Crippen LogP) is 5.69. The molecule has 1 nitrogen and oxygen atoms in total. The molecular formula is C18H26ClNS. The molecule has 0 radical (unpaired) electrons. The van der Waals surface area contributed by atoms with E-state index in [9.17, 15) is 0 Å². The molecule has 3 heteroatoms. The maximum absolute atomic E-state index is 6.07. The van der Waals surface area contributed by atoms with Gasteiger partial charge < -0.3 is 5.32 Å². The van der Waals surface area contributed by atoms with E-state index in [2.05, 4.69) is 30.4 Å². The van der Waals surface area contributed by atoms with Gasteiger partial charge >= 0.3 is 0 Å². The molecule has 116 valence electrons. The summed E-state index contributed by atoms with van der Waals surface area (Å²) in [7, 11) is 0. The standard InChI is InChI=1S/C18H26ClNS/c1-2-12-20-18(15-8-5-3-4-6-9-15)14-21-17-11-7-10-16(19)13-17/h7-8,10-11,13,18,20H,2-6,9,12,14H2,1H3. The van der Waals surface area contributed by atoms with Gasteiger partial charge in [-0.3, -0.25) is 0 Å². The smallest absolute Gasteiger partial charge is 0.0417 e. The Morgan fingerprint density at radius 1 is 1.29 bits per heavy atom. The molecule has 0 fully saturated rings. The third-order valence-corrected chi connectivity index (χ3v) is 5.20. The number of thioether (sulfide) groups is 1. The lowest BCUT2D eigenvalue weighted by Crippen LogP contribution is -2.33. The van der Waals surface area contributed by atoms with Crippen LogP contribution in [0.3, 0.4) is 0 Å². The lowest BCUT2D eigenvalue weighted by molar-refractivity contribution is 0.584. The van der Waals surface area contributed by atoms with Gasteiger partial charge in [0.2, 0.25) is 0 Å². The molecule has 1 aliphatic carbocycles. The molecule has 1 aliphatic rings. The molecule has 1 N–H and O–H groups in total. The summed E-state index contributed by atoms with van der Waals surface area (Å²) >= 11 is 7.98. The van der Waals surface area contributed by atoms with E-state index in [4.69, 9.17) is 11.6 Å². The summed E-state index contributed by atoms with van der Waals surface area (Å²) in [5.74, 6) is 1.09. The minimum absolute atomic E-state index is 0.507. The van der Waals surface area contributed by atoms with E-state index in [1.165, 1.54) is 43.4 Å². The third-order valence-electron chi connectivity index (χ3n) is 3.88. The highest BCUT2D eigenvalue weighted by molar-refractivity contribution is 7.99. The fourth-order valence-electron chi connectivity index (χ4n) is 2.71. The van der Waals surface area contributed by atoms with Crippen molar-refractivity contribution in [2.24, 2.45) is 0 Å². The summed E-state index contributed by atoms with van der Waals surface area (Å²) in [6, 6.07) is 8.68. The molecule has 21 heavy (non-hydrogen) atoms. The Bertz CT molecular complexity index is 458. The first-order valence-electron chi connectivity index (χ1n) is 8.10. The van der Waals surface area contributed by atoms with Gasteiger partial charge in [-0.15, -0.1) is 11.8 Å². The van der Waals surface area contributed by atoms with Gasteiger partial charge in [-0.1, -0.05) is 42.7 Å². The van der Waals surface area contributed by atoms with Crippen LogP contribution in [0, 0.1) is 0 Å². The highest BCUT2D eigenvalue weighted by Gasteiger charge is 2.15. The molecule has 1 unspecified atom stereocenters. The first-order valence-corrected chi connectivity index (χ1v) is 9.46. The molecule has 0 bridgehead atoms. The van der Waals surface area contributed by atoms with Crippen molar-refractivity contribution in [2.45, 2.75) is 56.4 Å². The van der Waals surface area contributed by atoms with Crippen molar-refractivity contribution in [3.8, 4) is 0 Å². The van der Waals surface area contributed by atoms with E-state index >= 15 is 0 Å². The zero-order valence-corrected chi connectivity index (χ0v) is 14.5. The van der Waals surface area contributed by atoms with Crippen LogP contribution in [-0.4, -0.2) is 18.3 Å². The maximum atomic E-state index is 6.07. The van der Waals surface area contributed by atoms with Gasteiger partial charge in [0.15, 0.2) is 0 Å². The molecule has 0 aliphatic heterocycles. The number of nitrogens with one attached hydrogen (secondary N) is 1. The second-order valence-corrected chi connectivity index (χ2v) is 7.18. The van der Waals surface area contributed by atoms with Crippen molar-refractivity contribution >= 4 is 23.4 Å². The quantitative estimate of drug-likeness (QED) is 0.511. The molecule has 1 aromatic carbocycles. The highest BCUT2D eigenvalue weighted by atomic mass is 35.5. The highest BCUT2D eigenvalue weighted by Crippen LogP contribution is 2.26. The molecule has 0 amide bonds. The van der Waals surface area contributed by atoms with Crippen LogP contribution in [0.5, 0.6) is 0 Å². The number of hydrogen-bond donors (Lipinski definition) is 1. The van der Waals surface area contributed by atoms with Crippen molar-refractivity contribution in [3.05, 3.63) is 40.9 Å². The first kappa shape index (κ1) is 16.9. The molecule has 0 saturated carbocycles. The Labute approximate surface area is 138 Å². The average molecular weight is 324 g/mol. The van der Waals surface area contributed by atoms with Crippen LogP contribution in [0.4, 0.5) is 0 Å². The molecule has 0 saturated heterocycles. The van der Waals surface area contributed by atoms with Crippen LogP contribution in [0.2, 0.25) is 5.02 Å². The van der Waals surface area contributed by atoms with Gasteiger partial charge in [0.1, 0.15) is 0 Å². The van der Waals surface area contributed by atoms with Crippen molar-refractivity contribution < 1.29 is 0 Å². The minimum Gasteiger partial charge on any atom is -0.310 e. The molecule has 2 rings (SSSR count). The maximum Gasteiger partial charge on any atom is 0.0417 e. The molecule has 0 aromatic heterocycles. The van der Waals surface area contributed by atoms with Gasteiger partial charge in [-0.25, -0.2) is 0 Å². The lowest BCUT2D eigenvalue weighted by atomic mass is 10.0. The van der Waals surface area contributed by atoms with E-state index in [1.54, 1.807) is 5.57 Å². The third kappa shape index (κ3) is 6.06. The molecule has 0 spiro atoms. The van der Waals surface area contributed by atoms with E-state index < -0.39 is 0 Å². The summed E-state index contributed by atoms with van der Waals surface area (Å²) in [4.78, 5) is 1.26. The second-order valence-electron chi connectivity index (χ2n) is 5.65. The Morgan fingerprint density at radius 3 is 3.00 bits per heavy atom. The first-order chi connectivity index (χ1) is 10.3. The Kier molecular flexibility index (Phi) is 7.70. The summed E-state index contributed by atoms with van der Waals surface area (Å²) in [6.07, 6.45) is 10.3. The van der Waals surface area contributed by atoms with E-state index in [0.29, 0.717) is 6.04 Å². The molecule has 0 heterocycles. The molecule has 1 aromatic rings. The monoisotopic (exact) mass is 323 g/mol. The van der Waals surface area contributed by atoms with Crippen molar-refractivity contribution in [1.82, 2.24) is 5.32 Å². The molecule has 1 atom stereocenters. The number of hydrogen-bond acceptors (Lipinski definition) is 2. The summed E-state index contributed by atoms with van der Waals surface area (Å²) in [5, 5.41) is 4.56. The van der Waals surface area contributed by atoms with Crippen LogP contribution in [0.25, 0.3) is 0 Å². The Hall–Kier alpha value is -0.440. The van der Waals surface area contributed by atoms with Crippen molar-refractivity contribution in [1.29, 1.82) is 0 Å². The normalized spacial score (nSPS) is 17.1. The van der Waals surface area contributed by atoms with Gasteiger partial charge in [0.25, 0.3) is 0 Å². The molecular weight excluding hydrogens is 298 g/mol. The average Bonchev–Trinajstić information content (AvgIpc) is 2.77. The predicted molar refractivity (Wildman–Crippen MR) is 95.4 cm³/mol. The van der Waals surface area contributed by atoms with Crippen LogP contribution in [0.1, 0.15) is 45.4 Å². The zero-order chi connectivity index (χ0) is 14.9. The van der Waals surface area contributed by atoms with Gasteiger partial charge in [-0.2, -0.15) is 0 Å². The topological polar surface area (TPSA) is 12.0 Å². The fraction of sp³-hybridized carbons (Fsp3) is 0.556. The van der Waals surface area contributed by atoms with Crippen LogP contribution >= 0.6 is 23.4 Å². The van der Waals surface area contributed by atoms with Crippen LogP contribution in [-0.2, 0) is 0 Å². The number of allylic oxidation sites excluding steroid dienone is 1. The second kappa shape index (κ2) is 9.55. The SMILES string of the molecule is CCCNC(CSc1cccc(Cl)c1)C1=CCCCCC1. The summed E-state index contributed by atoms with van der Waals surface area (Å²) < 4.78 is 0. The van der Waals surface area contributed by atoms with E-state index in [-0.39, 0.29) is 0 Å². The summed E-state index contributed by atoms with van der Waals surface area (Å²) in [5.41, 5.74) is 1.62. The van der Waals surface area contributed by atoms with Crippen LogP contribution in [0.15, 0.2) is 40.8 Å². The minimum atomic E-state index is 0.507.